The lowest BCUT2D eigenvalue weighted by Crippen LogP contribution is -2.36. The smallest absolute Gasteiger partial charge is 0.245 e. The van der Waals surface area contributed by atoms with Crippen molar-refractivity contribution in [3.05, 3.63) is 65.9 Å². The Hall–Kier alpha value is -3.41. The molecule has 2 aromatic carbocycles. The Bertz CT molecular complexity index is 1020. The van der Waals surface area contributed by atoms with E-state index in [0.29, 0.717) is 12.4 Å². The van der Waals surface area contributed by atoms with Crippen LogP contribution in [0.25, 0.3) is 16.8 Å². The summed E-state index contributed by atoms with van der Waals surface area (Å²) in [4.78, 5) is 26.0. The number of amides is 2. The lowest BCUT2D eigenvalue weighted by molar-refractivity contribution is -0.132. The molecule has 1 heterocycles. The second-order valence-electron chi connectivity index (χ2n) is 6.95. The summed E-state index contributed by atoms with van der Waals surface area (Å²) >= 11 is 0. The van der Waals surface area contributed by atoms with Crippen molar-refractivity contribution in [2.45, 2.75) is 27.7 Å². The third kappa shape index (κ3) is 4.37. The fraction of sp³-hybridized carbons (Fsp3) is 0.261. The number of anilines is 1. The van der Waals surface area contributed by atoms with Gasteiger partial charge < -0.3 is 10.2 Å². The van der Waals surface area contributed by atoms with Crippen LogP contribution in [0.4, 0.5) is 5.82 Å². The summed E-state index contributed by atoms with van der Waals surface area (Å²) in [5.74, 6) is 0.219. The molecular formula is C23H26N4O2. The van der Waals surface area contributed by atoms with Crippen molar-refractivity contribution in [1.29, 1.82) is 0 Å². The molecule has 29 heavy (non-hydrogen) atoms. The largest absolute Gasteiger partial charge is 0.334 e. The van der Waals surface area contributed by atoms with Crippen molar-refractivity contribution in [2.75, 3.05) is 18.4 Å². The Kier molecular flexibility index (Phi) is 6.12. The minimum atomic E-state index is -0.256. The van der Waals surface area contributed by atoms with Gasteiger partial charge in [0, 0.05) is 19.0 Å². The van der Waals surface area contributed by atoms with E-state index >= 15 is 0 Å². The van der Waals surface area contributed by atoms with Crippen LogP contribution in [0, 0.1) is 13.8 Å². The number of aryl methyl sites for hydroxylation is 2. The van der Waals surface area contributed by atoms with Gasteiger partial charge in [0.15, 0.2) is 0 Å². The summed E-state index contributed by atoms with van der Waals surface area (Å²) < 4.78 is 1.77. The third-order valence-electron chi connectivity index (χ3n) is 4.89. The molecule has 3 aromatic rings. The summed E-state index contributed by atoms with van der Waals surface area (Å²) in [5, 5.41) is 7.74. The van der Waals surface area contributed by atoms with Crippen LogP contribution in [0.5, 0.6) is 0 Å². The van der Waals surface area contributed by atoms with Gasteiger partial charge >= 0.3 is 0 Å². The fourth-order valence-electron chi connectivity index (χ4n) is 3.36. The highest BCUT2D eigenvalue weighted by molar-refractivity contribution is 5.97. The predicted molar refractivity (Wildman–Crippen MR) is 115 cm³/mol. The predicted octanol–water partition coefficient (Wildman–Crippen LogP) is 3.96. The van der Waals surface area contributed by atoms with Gasteiger partial charge in [0.1, 0.15) is 5.82 Å². The van der Waals surface area contributed by atoms with E-state index in [0.717, 1.165) is 28.1 Å². The first-order valence-corrected chi connectivity index (χ1v) is 9.68. The fourth-order valence-corrected chi connectivity index (χ4v) is 3.36. The molecule has 0 aliphatic carbocycles. The van der Waals surface area contributed by atoms with E-state index in [1.54, 1.807) is 4.68 Å². The molecule has 1 N–H and O–H groups in total. The molecule has 6 heteroatoms. The van der Waals surface area contributed by atoms with Gasteiger partial charge in [0.2, 0.25) is 11.8 Å². The van der Waals surface area contributed by atoms with Crippen molar-refractivity contribution in [2.24, 2.45) is 0 Å². The van der Waals surface area contributed by atoms with Crippen LogP contribution in [-0.4, -0.2) is 39.6 Å². The van der Waals surface area contributed by atoms with Crippen LogP contribution in [0.3, 0.4) is 0 Å². The molecule has 0 atom stereocenters. The number of para-hydroxylation sites is 1. The van der Waals surface area contributed by atoms with Crippen molar-refractivity contribution < 1.29 is 9.59 Å². The molecule has 3 rings (SSSR count). The van der Waals surface area contributed by atoms with Crippen LogP contribution in [0.1, 0.15) is 25.1 Å². The van der Waals surface area contributed by atoms with Gasteiger partial charge in [-0.1, -0.05) is 48.5 Å². The van der Waals surface area contributed by atoms with Gasteiger partial charge in [-0.05, 0) is 38.0 Å². The minimum absolute atomic E-state index is 0.00192. The van der Waals surface area contributed by atoms with E-state index in [4.69, 9.17) is 5.10 Å². The molecule has 0 radical (unpaired) electrons. The van der Waals surface area contributed by atoms with Crippen LogP contribution >= 0.6 is 0 Å². The lowest BCUT2D eigenvalue weighted by Gasteiger charge is -2.19. The SMILES string of the molecule is CCN(CC(=O)Nc1c(-c2ccccc2)c(C)nn1-c1ccccc1C)C(C)=O. The number of carbonyl (C=O) groups excluding carboxylic acids is 2. The van der Waals surface area contributed by atoms with E-state index in [9.17, 15) is 9.59 Å². The summed E-state index contributed by atoms with van der Waals surface area (Å²) in [7, 11) is 0. The highest BCUT2D eigenvalue weighted by atomic mass is 16.2. The molecule has 150 valence electrons. The Morgan fingerprint density at radius 3 is 2.31 bits per heavy atom. The zero-order valence-electron chi connectivity index (χ0n) is 17.3. The number of hydrogen-bond donors (Lipinski definition) is 1. The lowest BCUT2D eigenvalue weighted by atomic mass is 10.1. The van der Waals surface area contributed by atoms with E-state index in [2.05, 4.69) is 5.32 Å². The highest BCUT2D eigenvalue weighted by Gasteiger charge is 2.22. The van der Waals surface area contributed by atoms with Crippen LogP contribution in [0.15, 0.2) is 54.6 Å². The summed E-state index contributed by atoms with van der Waals surface area (Å²) in [6.07, 6.45) is 0. The topological polar surface area (TPSA) is 67.2 Å². The maximum Gasteiger partial charge on any atom is 0.245 e. The van der Waals surface area contributed by atoms with Crippen LogP contribution in [-0.2, 0) is 9.59 Å². The zero-order valence-corrected chi connectivity index (χ0v) is 17.3. The second-order valence-corrected chi connectivity index (χ2v) is 6.95. The summed E-state index contributed by atoms with van der Waals surface area (Å²) in [5.41, 5.74) is 4.59. The van der Waals surface area contributed by atoms with Gasteiger partial charge in [-0.15, -0.1) is 0 Å². The number of likely N-dealkylation sites (N-methyl/N-ethyl adjacent to an activating group) is 1. The highest BCUT2D eigenvalue weighted by Crippen LogP contribution is 2.34. The van der Waals surface area contributed by atoms with Crippen molar-refractivity contribution >= 4 is 17.6 Å². The molecule has 0 spiro atoms. The quantitative estimate of drug-likeness (QED) is 0.693. The molecule has 0 fully saturated rings. The maximum atomic E-state index is 12.8. The van der Waals surface area contributed by atoms with Gasteiger partial charge in [-0.2, -0.15) is 5.10 Å². The summed E-state index contributed by atoms with van der Waals surface area (Å²) in [6, 6.07) is 17.8. The molecule has 0 saturated heterocycles. The third-order valence-corrected chi connectivity index (χ3v) is 4.89. The van der Waals surface area contributed by atoms with Gasteiger partial charge in [0.25, 0.3) is 0 Å². The molecule has 0 unspecified atom stereocenters. The number of aromatic nitrogens is 2. The Labute approximate surface area is 171 Å². The van der Waals surface area contributed by atoms with Crippen molar-refractivity contribution in [3.63, 3.8) is 0 Å². The molecule has 1 aromatic heterocycles. The first-order chi connectivity index (χ1) is 13.9. The van der Waals surface area contributed by atoms with E-state index in [-0.39, 0.29) is 18.4 Å². The number of hydrogen-bond acceptors (Lipinski definition) is 3. The van der Waals surface area contributed by atoms with Crippen LogP contribution in [0.2, 0.25) is 0 Å². The first kappa shape index (κ1) is 20.3. The van der Waals surface area contributed by atoms with E-state index in [1.807, 2.05) is 75.4 Å². The minimum Gasteiger partial charge on any atom is -0.334 e. The first-order valence-electron chi connectivity index (χ1n) is 9.68. The summed E-state index contributed by atoms with van der Waals surface area (Å²) in [6.45, 7) is 7.73. The molecule has 6 nitrogen and oxygen atoms in total. The molecule has 0 aliphatic rings. The second kappa shape index (κ2) is 8.73. The molecule has 0 bridgehead atoms. The van der Waals surface area contributed by atoms with Gasteiger partial charge in [0.05, 0.1) is 17.9 Å². The monoisotopic (exact) mass is 390 g/mol. The molecule has 0 saturated carbocycles. The van der Waals surface area contributed by atoms with Crippen molar-refractivity contribution in [1.82, 2.24) is 14.7 Å². The Balaban J connectivity index is 2.08. The van der Waals surface area contributed by atoms with Gasteiger partial charge in [-0.3, -0.25) is 9.59 Å². The number of nitrogens with zero attached hydrogens (tertiary/aromatic N) is 3. The molecule has 0 aliphatic heterocycles. The number of carbonyl (C=O) groups is 2. The van der Waals surface area contributed by atoms with Crippen LogP contribution < -0.4 is 5.32 Å². The standard InChI is InChI=1S/C23H26N4O2/c1-5-26(18(4)28)15-21(29)24-23-22(19-12-7-6-8-13-19)17(3)25-27(23)20-14-10-9-11-16(20)2/h6-14H,5,15H2,1-4H3,(H,24,29). The Morgan fingerprint density at radius 1 is 1.03 bits per heavy atom. The molecule has 2 amide bonds. The number of rotatable bonds is 6. The van der Waals surface area contributed by atoms with E-state index < -0.39 is 0 Å². The average molecular weight is 390 g/mol. The number of benzene rings is 2. The average Bonchev–Trinajstić information content (AvgIpc) is 3.02. The van der Waals surface area contributed by atoms with E-state index in [1.165, 1.54) is 11.8 Å². The normalized spacial score (nSPS) is 10.6. The zero-order chi connectivity index (χ0) is 21.0. The molecular weight excluding hydrogens is 364 g/mol. The maximum absolute atomic E-state index is 12.8. The Morgan fingerprint density at radius 2 is 1.69 bits per heavy atom. The van der Waals surface area contributed by atoms with Crippen molar-refractivity contribution in [3.8, 4) is 16.8 Å². The van der Waals surface area contributed by atoms with Gasteiger partial charge in [-0.25, -0.2) is 4.68 Å². The number of nitrogens with one attached hydrogen (secondary N) is 1.